The number of unbranched alkanes of at least 4 members (excludes halogenated alkanes) is 53. The standard InChI is InChI=1S/C90H166NO8P/c1-6-8-10-12-14-16-18-20-22-24-26-28-30-32-34-36-38-40-42-44-45-47-49-51-53-55-57-59-61-63-65-67-69-71-73-75-77-79-81-83-90(93)99-88(87-98-100(94,95)97-85-84-91(3,4)5)86-96-89(92)82-80-78-76-74-72-70-68-66-64-62-60-58-56-54-52-50-48-46-43-41-39-37-35-33-31-29-27-25-23-21-19-17-15-13-11-9-7-2/h8,10,14,16,20,22,26,28,32,34,38,40,44-45,88H,6-7,9,11-13,15,17-19,21,23-25,27,29-31,33,35-37,39,41-43,46-87H2,1-5H3/b10-8-,16-14-,22-20-,28-26-,34-32-,40-38-,45-44-. The Morgan fingerprint density at radius 2 is 0.570 bits per heavy atom. The number of nitrogens with zero attached hydrogens (tertiary/aromatic N) is 1. The number of carbonyl (C=O) groups excluding carboxylic acids is 2. The minimum Gasteiger partial charge on any atom is -0.756 e. The summed E-state index contributed by atoms with van der Waals surface area (Å²) < 4.78 is 34.5. The molecule has 0 saturated carbocycles. The van der Waals surface area contributed by atoms with Crippen molar-refractivity contribution in [1.29, 1.82) is 0 Å². The lowest BCUT2D eigenvalue weighted by molar-refractivity contribution is -0.870. The normalized spacial score (nSPS) is 13.4. The molecule has 0 N–H and O–H groups in total. The monoisotopic (exact) mass is 1420 g/mol. The summed E-state index contributed by atoms with van der Waals surface area (Å²) in [6.07, 6.45) is 112. The second-order valence-electron chi connectivity index (χ2n) is 30.5. The predicted molar refractivity (Wildman–Crippen MR) is 434 cm³/mol. The maximum Gasteiger partial charge on any atom is 0.306 e. The van der Waals surface area contributed by atoms with Gasteiger partial charge < -0.3 is 27.9 Å². The lowest BCUT2D eigenvalue weighted by atomic mass is 10.0. The van der Waals surface area contributed by atoms with Crippen LogP contribution in [0, 0.1) is 0 Å². The van der Waals surface area contributed by atoms with E-state index in [9.17, 15) is 19.0 Å². The molecule has 0 rings (SSSR count). The highest BCUT2D eigenvalue weighted by molar-refractivity contribution is 7.45. The summed E-state index contributed by atoms with van der Waals surface area (Å²) in [6.45, 7) is 4.20. The Balaban J connectivity index is 3.89. The summed E-state index contributed by atoms with van der Waals surface area (Å²) in [7, 11) is 1.18. The molecule has 2 atom stereocenters. The first-order chi connectivity index (χ1) is 49.0. The quantitative estimate of drug-likeness (QED) is 0.0195. The molecule has 0 aliphatic rings. The molecule has 0 aromatic carbocycles. The van der Waals surface area contributed by atoms with Gasteiger partial charge in [-0.15, -0.1) is 0 Å². The van der Waals surface area contributed by atoms with Crippen LogP contribution >= 0.6 is 7.82 Å². The molecule has 0 saturated heterocycles. The van der Waals surface area contributed by atoms with E-state index < -0.39 is 26.5 Å². The Hall–Kier alpha value is -2.81. The number of allylic oxidation sites excluding steroid dienone is 14. The van der Waals surface area contributed by atoms with Crippen molar-refractivity contribution in [2.24, 2.45) is 0 Å². The topological polar surface area (TPSA) is 111 Å². The van der Waals surface area contributed by atoms with Crippen molar-refractivity contribution < 1.29 is 42.1 Å². The van der Waals surface area contributed by atoms with Gasteiger partial charge >= 0.3 is 11.9 Å². The lowest BCUT2D eigenvalue weighted by Gasteiger charge is -2.28. The molecular formula is C90H166NO8P. The number of phosphoric acid groups is 1. The van der Waals surface area contributed by atoms with Gasteiger partial charge in [0.2, 0.25) is 0 Å². The van der Waals surface area contributed by atoms with E-state index in [4.69, 9.17) is 18.5 Å². The van der Waals surface area contributed by atoms with Crippen LogP contribution in [-0.2, 0) is 32.7 Å². The van der Waals surface area contributed by atoms with Gasteiger partial charge in [0, 0.05) is 12.8 Å². The Morgan fingerprint density at radius 3 is 0.850 bits per heavy atom. The molecule has 0 bridgehead atoms. The van der Waals surface area contributed by atoms with Gasteiger partial charge in [-0.3, -0.25) is 14.2 Å². The van der Waals surface area contributed by atoms with Crippen molar-refractivity contribution in [1.82, 2.24) is 0 Å². The van der Waals surface area contributed by atoms with Crippen molar-refractivity contribution in [3.05, 3.63) is 85.1 Å². The highest BCUT2D eigenvalue weighted by atomic mass is 31.2. The summed E-state index contributed by atoms with van der Waals surface area (Å²) >= 11 is 0. The highest BCUT2D eigenvalue weighted by Crippen LogP contribution is 2.38. The van der Waals surface area contributed by atoms with Gasteiger partial charge in [-0.25, -0.2) is 0 Å². The molecule has 9 nitrogen and oxygen atoms in total. The molecule has 10 heteroatoms. The second-order valence-corrected chi connectivity index (χ2v) is 31.9. The maximum absolute atomic E-state index is 12.9. The molecule has 584 valence electrons. The largest absolute Gasteiger partial charge is 0.756 e. The van der Waals surface area contributed by atoms with Gasteiger partial charge in [0.15, 0.2) is 6.10 Å². The smallest absolute Gasteiger partial charge is 0.306 e. The zero-order chi connectivity index (χ0) is 72.5. The zero-order valence-electron chi connectivity index (χ0n) is 66.9. The minimum absolute atomic E-state index is 0.0299. The SMILES string of the molecule is CC/C=C\C/C=C\C/C=C\C/C=C\C/C=C\C/C=C\C/C=C\CCCCCCCCCCCCCCCCCCCC(=O)OC(COC(=O)CCCCCCCCCCCCCCCCCCCCCCCCCCCCCCCCCCCCCCC)COP(=O)([O-])OCC[N+](C)(C)C. The van der Waals surface area contributed by atoms with E-state index in [1.165, 1.54) is 308 Å². The van der Waals surface area contributed by atoms with Crippen LogP contribution in [0.2, 0.25) is 0 Å². The van der Waals surface area contributed by atoms with E-state index >= 15 is 0 Å². The van der Waals surface area contributed by atoms with Crippen molar-refractivity contribution in [2.45, 2.75) is 431 Å². The minimum atomic E-state index is -4.65. The molecule has 0 amide bonds. The highest BCUT2D eigenvalue weighted by Gasteiger charge is 2.22. The number of rotatable bonds is 81. The van der Waals surface area contributed by atoms with Crippen LogP contribution in [0.3, 0.4) is 0 Å². The van der Waals surface area contributed by atoms with E-state index in [1.54, 1.807) is 0 Å². The Morgan fingerprint density at radius 1 is 0.320 bits per heavy atom. The average Bonchev–Trinajstić information content (AvgIpc) is 1.07. The number of esters is 2. The Kier molecular flexibility index (Phi) is 78.0. The molecule has 0 aliphatic carbocycles. The molecule has 0 aromatic heterocycles. The van der Waals surface area contributed by atoms with Crippen molar-refractivity contribution in [2.75, 3.05) is 47.5 Å². The number of likely N-dealkylation sites (N-methyl/N-ethyl adjacent to an activating group) is 1. The predicted octanol–water partition coefficient (Wildman–Crippen LogP) is 28.5. The fraction of sp³-hybridized carbons (Fsp3) is 0.822. The first kappa shape index (κ1) is 97.2. The van der Waals surface area contributed by atoms with Crippen molar-refractivity contribution in [3.63, 3.8) is 0 Å². The number of quaternary nitrogens is 1. The third-order valence-electron chi connectivity index (χ3n) is 19.4. The molecular weight excluding hydrogens is 1250 g/mol. The first-order valence-corrected chi connectivity index (χ1v) is 44.8. The summed E-state index contributed by atoms with van der Waals surface area (Å²) in [5, 5.41) is 0. The number of hydrogen-bond donors (Lipinski definition) is 0. The molecule has 2 unspecified atom stereocenters. The van der Waals surface area contributed by atoms with Gasteiger partial charge in [0.25, 0.3) is 7.82 Å². The van der Waals surface area contributed by atoms with Crippen molar-refractivity contribution in [3.8, 4) is 0 Å². The van der Waals surface area contributed by atoms with Gasteiger partial charge in [0.1, 0.15) is 19.8 Å². The van der Waals surface area contributed by atoms with E-state index in [1.807, 2.05) is 21.1 Å². The third kappa shape index (κ3) is 84.1. The van der Waals surface area contributed by atoms with Crippen LogP contribution in [-0.4, -0.2) is 70.0 Å². The van der Waals surface area contributed by atoms with Crippen molar-refractivity contribution >= 4 is 19.8 Å². The Bertz CT molecular complexity index is 1970. The molecule has 100 heavy (non-hydrogen) atoms. The van der Waals surface area contributed by atoms with Crippen LogP contribution < -0.4 is 4.89 Å². The van der Waals surface area contributed by atoms with Gasteiger partial charge in [-0.2, -0.15) is 0 Å². The van der Waals surface area contributed by atoms with Crippen LogP contribution in [0.1, 0.15) is 425 Å². The van der Waals surface area contributed by atoms with E-state index in [-0.39, 0.29) is 32.0 Å². The van der Waals surface area contributed by atoms with Crippen LogP contribution in [0.25, 0.3) is 0 Å². The van der Waals surface area contributed by atoms with Crippen LogP contribution in [0.5, 0.6) is 0 Å². The molecule has 0 radical (unpaired) electrons. The molecule has 0 heterocycles. The van der Waals surface area contributed by atoms with Gasteiger partial charge in [-0.05, 0) is 70.6 Å². The molecule has 0 spiro atoms. The van der Waals surface area contributed by atoms with Crippen LogP contribution in [0.4, 0.5) is 0 Å². The lowest BCUT2D eigenvalue weighted by Crippen LogP contribution is -2.37. The summed E-state index contributed by atoms with van der Waals surface area (Å²) in [4.78, 5) is 38.2. The number of phosphoric ester groups is 1. The average molecular weight is 1420 g/mol. The van der Waals surface area contributed by atoms with E-state index in [2.05, 4.69) is 98.9 Å². The van der Waals surface area contributed by atoms with Gasteiger partial charge in [-0.1, -0.05) is 426 Å². The zero-order valence-corrected chi connectivity index (χ0v) is 67.8. The third-order valence-corrected chi connectivity index (χ3v) is 20.4. The Labute approximate surface area is 621 Å². The summed E-state index contributed by atoms with van der Waals surface area (Å²) in [6, 6.07) is 0. The van der Waals surface area contributed by atoms with E-state index in [0.717, 1.165) is 83.5 Å². The number of ether oxygens (including phenoxy) is 2. The molecule has 0 aliphatic heterocycles. The van der Waals surface area contributed by atoms with Crippen LogP contribution in [0.15, 0.2) is 85.1 Å². The maximum atomic E-state index is 12.9. The number of carbonyl (C=O) groups is 2. The summed E-state index contributed by atoms with van der Waals surface area (Å²) in [5.74, 6) is -0.812. The second kappa shape index (κ2) is 80.3. The fourth-order valence-electron chi connectivity index (χ4n) is 12.9. The fourth-order valence-corrected chi connectivity index (χ4v) is 13.6. The van der Waals surface area contributed by atoms with Gasteiger partial charge in [0.05, 0.1) is 27.7 Å². The molecule has 0 fully saturated rings. The first-order valence-electron chi connectivity index (χ1n) is 43.3. The molecule has 0 aromatic rings. The summed E-state index contributed by atoms with van der Waals surface area (Å²) in [5.41, 5.74) is 0. The number of hydrogen-bond acceptors (Lipinski definition) is 8. The van der Waals surface area contributed by atoms with E-state index in [0.29, 0.717) is 17.4 Å².